The highest BCUT2D eigenvalue weighted by Gasteiger charge is 2.09. The summed E-state index contributed by atoms with van der Waals surface area (Å²) < 4.78 is 2.20. The van der Waals surface area contributed by atoms with Crippen molar-refractivity contribution in [2.24, 2.45) is 5.73 Å². The van der Waals surface area contributed by atoms with Gasteiger partial charge in [0, 0.05) is 17.6 Å². The lowest BCUT2D eigenvalue weighted by molar-refractivity contribution is 0.617. The number of unbranched alkanes of at least 4 members (excludes halogenated alkanes) is 1. The largest absolute Gasteiger partial charge is 0.330 e. The Morgan fingerprint density at radius 3 is 3.00 bits per heavy atom. The van der Waals surface area contributed by atoms with Crippen LogP contribution in [0.3, 0.4) is 0 Å². The lowest BCUT2D eigenvalue weighted by Gasteiger charge is -2.04. The molecule has 0 spiro atoms. The van der Waals surface area contributed by atoms with Gasteiger partial charge >= 0.3 is 0 Å². The fraction of sp³-hybridized carbons (Fsp3) is 0.583. The van der Waals surface area contributed by atoms with Crippen LogP contribution in [0.5, 0.6) is 0 Å². The Hall–Kier alpha value is -0.910. The predicted molar refractivity (Wildman–Crippen MR) is 72.5 cm³/mol. The first-order valence-corrected chi connectivity index (χ1v) is 6.88. The molecule has 5 heteroatoms. The van der Waals surface area contributed by atoms with Crippen LogP contribution in [0.25, 0.3) is 4.96 Å². The molecule has 17 heavy (non-hydrogen) atoms. The summed E-state index contributed by atoms with van der Waals surface area (Å²) >= 11 is 1.74. The number of hydrogen-bond donors (Lipinski definition) is 2. The van der Waals surface area contributed by atoms with Crippen molar-refractivity contribution in [3.63, 3.8) is 0 Å². The van der Waals surface area contributed by atoms with Crippen LogP contribution in [0.15, 0.2) is 6.20 Å². The summed E-state index contributed by atoms with van der Waals surface area (Å²) in [6.07, 6.45) is 4.39. The van der Waals surface area contributed by atoms with E-state index in [1.807, 2.05) is 0 Å². The maximum atomic E-state index is 5.47. The van der Waals surface area contributed by atoms with Gasteiger partial charge in [-0.1, -0.05) is 0 Å². The zero-order valence-corrected chi connectivity index (χ0v) is 11.3. The minimum absolute atomic E-state index is 0.779. The van der Waals surface area contributed by atoms with Gasteiger partial charge in [-0.2, -0.15) is 0 Å². The number of nitrogens with two attached hydrogens (primary N) is 1. The first kappa shape index (κ1) is 12.5. The number of nitrogens with one attached hydrogen (secondary N) is 1. The second kappa shape index (κ2) is 5.62. The molecule has 0 aromatic carbocycles. The highest BCUT2D eigenvalue weighted by Crippen LogP contribution is 2.20. The molecule has 3 N–H and O–H groups in total. The molecular formula is C12H20N4S. The normalized spacial score (nSPS) is 11.5. The average molecular weight is 252 g/mol. The van der Waals surface area contributed by atoms with Crippen LogP contribution >= 0.6 is 11.3 Å². The summed E-state index contributed by atoms with van der Waals surface area (Å²) in [6, 6.07) is 0. The molecule has 0 aliphatic carbocycles. The van der Waals surface area contributed by atoms with Gasteiger partial charge in [0.15, 0.2) is 4.96 Å². The van der Waals surface area contributed by atoms with Crippen LogP contribution in [-0.2, 0) is 6.54 Å². The number of aromatic nitrogens is 2. The molecule has 2 aromatic heterocycles. The van der Waals surface area contributed by atoms with Gasteiger partial charge in [0.25, 0.3) is 0 Å². The number of nitrogens with zero attached hydrogens (tertiary/aromatic N) is 2. The Balaban J connectivity index is 1.99. The van der Waals surface area contributed by atoms with E-state index in [-0.39, 0.29) is 0 Å². The van der Waals surface area contributed by atoms with Gasteiger partial charge in [0.1, 0.15) is 0 Å². The third-order valence-electron chi connectivity index (χ3n) is 2.84. The Labute approximate surface area is 106 Å². The molecule has 4 nitrogen and oxygen atoms in total. The van der Waals surface area contributed by atoms with Crippen molar-refractivity contribution in [2.75, 3.05) is 13.1 Å². The molecule has 2 rings (SSSR count). The molecular weight excluding hydrogens is 232 g/mol. The zero-order valence-electron chi connectivity index (χ0n) is 10.5. The molecule has 0 aliphatic rings. The standard InChI is InChI=1S/C12H20N4S/c1-9-8-16-11(7-14-6-4-3-5-13)10(2)15-12(16)17-9/h8,14H,3-7,13H2,1-2H3. The summed E-state index contributed by atoms with van der Waals surface area (Å²) in [5.74, 6) is 0. The molecule has 0 fully saturated rings. The van der Waals surface area contributed by atoms with Crippen LogP contribution in [-0.4, -0.2) is 22.5 Å². The van der Waals surface area contributed by atoms with E-state index in [2.05, 4.69) is 34.7 Å². The molecule has 2 aromatic rings. The highest BCUT2D eigenvalue weighted by atomic mass is 32.1. The predicted octanol–water partition coefficient (Wildman–Crippen LogP) is 1.84. The molecule has 0 amide bonds. The number of imidazole rings is 1. The second-order valence-electron chi connectivity index (χ2n) is 4.31. The van der Waals surface area contributed by atoms with Crippen molar-refractivity contribution in [1.29, 1.82) is 0 Å². The zero-order chi connectivity index (χ0) is 12.3. The van der Waals surface area contributed by atoms with Gasteiger partial charge in [0.2, 0.25) is 0 Å². The van der Waals surface area contributed by atoms with Crippen LogP contribution in [0, 0.1) is 13.8 Å². The fourth-order valence-electron chi connectivity index (χ4n) is 1.92. The van der Waals surface area contributed by atoms with E-state index < -0.39 is 0 Å². The SMILES string of the molecule is Cc1cn2c(CNCCCCN)c(C)nc2s1. The van der Waals surface area contributed by atoms with Gasteiger partial charge in [-0.25, -0.2) is 4.98 Å². The maximum Gasteiger partial charge on any atom is 0.194 e. The van der Waals surface area contributed by atoms with Crippen molar-refractivity contribution in [2.45, 2.75) is 33.2 Å². The van der Waals surface area contributed by atoms with Crippen LogP contribution < -0.4 is 11.1 Å². The Morgan fingerprint density at radius 2 is 2.24 bits per heavy atom. The average Bonchev–Trinajstić information content (AvgIpc) is 2.75. The van der Waals surface area contributed by atoms with Crippen molar-refractivity contribution in [3.05, 3.63) is 22.5 Å². The first-order chi connectivity index (χ1) is 8.22. The number of hydrogen-bond acceptors (Lipinski definition) is 4. The topological polar surface area (TPSA) is 55.3 Å². The van der Waals surface area contributed by atoms with Crippen molar-refractivity contribution in [3.8, 4) is 0 Å². The van der Waals surface area contributed by atoms with E-state index >= 15 is 0 Å². The molecule has 0 aliphatic heterocycles. The first-order valence-electron chi connectivity index (χ1n) is 6.07. The molecule has 0 saturated heterocycles. The molecule has 0 unspecified atom stereocenters. The van der Waals surface area contributed by atoms with Crippen molar-refractivity contribution >= 4 is 16.3 Å². The van der Waals surface area contributed by atoms with Crippen LogP contribution in [0.1, 0.15) is 29.1 Å². The van der Waals surface area contributed by atoms with Crippen molar-refractivity contribution < 1.29 is 0 Å². The number of fused-ring (bicyclic) bond motifs is 1. The molecule has 94 valence electrons. The van der Waals surface area contributed by atoms with Crippen molar-refractivity contribution in [1.82, 2.24) is 14.7 Å². The van der Waals surface area contributed by atoms with E-state index in [1.165, 1.54) is 10.6 Å². The number of rotatable bonds is 6. The van der Waals surface area contributed by atoms with Gasteiger partial charge in [-0.3, -0.25) is 4.40 Å². The fourth-order valence-corrected chi connectivity index (χ4v) is 2.81. The summed E-state index contributed by atoms with van der Waals surface area (Å²) in [5, 5.41) is 3.45. The Kier molecular flexibility index (Phi) is 4.15. The Bertz CT molecular complexity index is 486. The van der Waals surface area contributed by atoms with E-state index in [0.29, 0.717) is 0 Å². The molecule has 2 heterocycles. The van der Waals surface area contributed by atoms with Gasteiger partial charge in [0.05, 0.1) is 11.4 Å². The quantitative estimate of drug-likeness (QED) is 0.771. The lowest BCUT2D eigenvalue weighted by Crippen LogP contribution is -2.17. The van der Waals surface area contributed by atoms with Crippen LogP contribution in [0.2, 0.25) is 0 Å². The third-order valence-corrected chi connectivity index (χ3v) is 3.74. The Morgan fingerprint density at radius 1 is 1.41 bits per heavy atom. The summed E-state index contributed by atoms with van der Waals surface area (Å²) in [6.45, 7) is 6.88. The van der Waals surface area contributed by atoms with Crippen LogP contribution in [0.4, 0.5) is 0 Å². The summed E-state index contributed by atoms with van der Waals surface area (Å²) in [5.41, 5.74) is 7.87. The minimum atomic E-state index is 0.779. The highest BCUT2D eigenvalue weighted by molar-refractivity contribution is 7.17. The van der Waals surface area contributed by atoms with Gasteiger partial charge in [-0.15, -0.1) is 11.3 Å². The lowest BCUT2D eigenvalue weighted by atomic mass is 10.3. The number of aryl methyl sites for hydroxylation is 2. The van der Waals surface area contributed by atoms with Gasteiger partial charge < -0.3 is 11.1 Å². The summed E-state index contributed by atoms with van der Waals surface area (Å²) in [7, 11) is 0. The third kappa shape index (κ3) is 2.86. The smallest absolute Gasteiger partial charge is 0.194 e. The molecule has 0 atom stereocenters. The summed E-state index contributed by atoms with van der Waals surface area (Å²) in [4.78, 5) is 6.97. The maximum absolute atomic E-state index is 5.47. The van der Waals surface area contributed by atoms with E-state index in [4.69, 9.17) is 5.73 Å². The minimum Gasteiger partial charge on any atom is -0.330 e. The molecule has 0 saturated carbocycles. The molecule has 0 radical (unpaired) electrons. The second-order valence-corrected chi connectivity index (χ2v) is 5.52. The van der Waals surface area contributed by atoms with E-state index in [1.54, 1.807) is 11.3 Å². The van der Waals surface area contributed by atoms with Gasteiger partial charge in [-0.05, 0) is 39.8 Å². The molecule has 0 bridgehead atoms. The van der Waals surface area contributed by atoms with E-state index in [0.717, 1.165) is 43.1 Å². The monoisotopic (exact) mass is 252 g/mol. The number of thiazole rings is 1. The van der Waals surface area contributed by atoms with E-state index in [9.17, 15) is 0 Å².